The molecule has 2 unspecified atom stereocenters. The standard InChI is InChI=1S/C25H35N7O6.C24H32N6O7/c1-5-27-22(35)19-17(33)18(34)23(37-19)32-13-28-16-20(26)29-15(30-21(16)32)8-6-7-14-9-11-31(12-10-14)24(36)38-25(2,3)4;1-3-26-22(33)19-17(31)18(32)23(37-19)30-12-27-16-20(25)28-15(29-21(16)30)6-4-5-13-7-9-14(10-8-13)11-36-24(34)35-2/h13-14,17-19,23,33-34H,5,7,9-12H2,1-4H3,(H,27,35)(H2,26,29,30);12-14,17-19,23,31-32H,3,5,7-11H2,1-2H3,(H,26,33)(H2,25,28,29)/t17-,18?,19+,23-;13?,14?,17-,18?,19+,23-/m11/s1. The predicted molar refractivity (Wildman–Crippen MR) is 266 cm³/mol. The molecule has 0 spiro atoms. The number of likely N-dealkylation sites (N-methyl/N-ethyl adjacent to an activating group) is 2. The first kappa shape index (κ1) is 55.8. The number of likely N-dealkylation sites (tertiary alicyclic amines) is 1. The summed E-state index contributed by atoms with van der Waals surface area (Å²) in [7, 11) is 1.29. The van der Waals surface area contributed by atoms with Gasteiger partial charge >= 0.3 is 12.2 Å². The fourth-order valence-corrected chi connectivity index (χ4v) is 9.16. The van der Waals surface area contributed by atoms with Crippen molar-refractivity contribution in [2.75, 3.05) is 51.4 Å². The highest BCUT2D eigenvalue weighted by atomic mass is 16.7. The summed E-state index contributed by atoms with van der Waals surface area (Å²) >= 11 is 0. The van der Waals surface area contributed by atoms with Crippen LogP contribution in [0.25, 0.3) is 22.3 Å². The summed E-state index contributed by atoms with van der Waals surface area (Å²) < 4.78 is 29.2. The maximum atomic E-state index is 12.3. The molecule has 0 aromatic carbocycles. The second kappa shape index (κ2) is 24.6. The number of aliphatic hydroxyl groups excluding tert-OH is 4. The summed E-state index contributed by atoms with van der Waals surface area (Å²) in [5.74, 6) is 12.8. The third-order valence-electron chi connectivity index (χ3n) is 13.2. The van der Waals surface area contributed by atoms with Crippen LogP contribution >= 0.6 is 0 Å². The lowest BCUT2D eigenvalue weighted by molar-refractivity contribution is -0.138. The van der Waals surface area contributed by atoms with Crippen molar-refractivity contribution in [3.8, 4) is 23.7 Å². The number of nitrogen functional groups attached to an aromatic ring is 2. The highest BCUT2D eigenvalue weighted by Gasteiger charge is 2.49. The van der Waals surface area contributed by atoms with Crippen LogP contribution in [0, 0.1) is 41.4 Å². The van der Waals surface area contributed by atoms with Crippen molar-refractivity contribution in [1.29, 1.82) is 0 Å². The normalized spacial score (nSPS) is 25.8. The van der Waals surface area contributed by atoms with Gasteiger partial charge in [-0.15, -0.1) is 0 Å². The van der Waals surface area contributed by atoms with Crippen molar-refractivity contribution in [3.05, 3.63) is 24.3 Å². The monoisotopic (exact) mass is 1050 g/mol. The van der Waals surface area contributed by atoms with E-state index in [0.29, 0.717) is 68.9 Å². The molecule has 1 aliphatic carbocycles. The molecule has 10 N–H and O–H groups in total. The smallest absolute Gasteiger partial charge is 0.444 e. The first-order valence-corrected chi connectivity index (χ1v) is 25.1. The van der Waals surface area contributed by atoms with Gasteiger partial charge in [0.05, 0.1) is 26.4 Å². The van der Waals surface area contributed by atoms with E-state index in [2.05, 4.69) is 69.0 Å². The van der Waals surface area contributed by atoms with E-state index in [-0.39, 0.29) is 46.2 Å². The van der Waals surface area contributed by atoms with Crippen molar-refractivity contribution in [2.24, 2.45) is 17.8 Å². The third-order valence-corrected chi connectivity index (χ3v) is 13.2. The molecule has 406 valence electrons. The highest BCUT2D eigenvalue weighted by Crippen LogP contribution is 2.35. The Balaban J connectivity index is 0.000000219. The molecule has 26 heteroatoms. The van der Waals surface area contributed by atoms with Crippen LogP contribution < -0.4 is 22.1 Å². The molecular weight excluding hydrogens is 979 g/mol. The number of methoxy groups -OCH3 is 1. The highest BCUT2D eigenvalue weighted by molar-refractivity contribution is 5.84. The summed E-state index contributed by atoms with van der Waals surface area (Å²) in [5, 5.41) is 47.0. The Morgan fingerprint density at radius 1 is 0.693 bits per heavy atom. The third kappa shape index (κ3) is 13.5. The van der Waals surface area contributed by atoms with Gasteiger partial charge in [-0.1, -0.05) is 11.8 Å². The van der Waals surface area contributed by atoms with E-state index in [1.165, 1.54) is 28.9 Å². The van der Waals surface area contributed by atoms with Crippen molar-refractivity contribution < 1.29 is 63.3 Å². The molecule has 3 aliphatic heterocycles. The second-order valence-electron chi connectivity index (χ2n) is 19.7. The van der Waals surface area contributed by atoms with E-state index in [9.17, 15) is 39.6 Å². The average Bonchev–Trinajstić information content (AvgIpc) is 4.16. The summed E-state index contributed by atoms with van der Waals surface area (Å²) in [6.45, 7) is 11.3. The number of nitrogens with one attached hydrogen (secondary N) is 2. The summed E-state index contributed by atoms with van der Waals surface area (Å²) in [5.41, 5.74) is 12.8. The van der Waals surface area contributed by atoms with Crippen LogP contribution in [-0.2, 0) is 33.3 Å². The minimum Gasteiger partial charge on any atom is -0.444 e. The minimum absolute atomic E-state index is 0.108. The van der Waals surface area contributed by atoms with Gasteiger partial charge in [0.25, 0.3) is 11.8 Å². The van der Waals surface area contributed by atoms with Crippen molar-refractivity contribution in [3.63, 3.8) is 0 Å². The molecule has 8 atom stereocenters. The van der Waals surface area contributed by atoms with E-state index in [1.54, 1.807) is 18.7 Å². The Hall–Kier alpha value is -6.94. The lowest BCUT2D eigenvalue weighted by Crippen LogP contribution is -2.42. The maximum Gasteiger partial charge on any atom is 0.507 e. The van der Waals surface area contributed by atoms with E-state index >= 15 is 0 Å². The van der Waals surface area contributed by atoms with Gasteiger partial charge < -0.3 is 71.1 Å². The number of hydrogen-bond acceptors (Lipinski definition) is 21. The summed E-state index contributed by atoms with van der Waals surface area (Å²) in [4.78, 5) is 75.3. The van der Waals surface area contributed by atoms with Crippen molar-refractivity contribution >= 4 is 58.0 Å². The molecule has 0 bridgehead atoms. The summed E-state index contributed by atoms with van der Waals surface area (Å²) in [6.07, 6.45) is -1.77. The Labute approximate surface area is 432 Å². The number of carbonyl (C=O) groups excluding carboxylic acids is 4. The Kier molecular flexibility index (Phi) is 18.3. The molecule has 3 saturated heterocycles. The lowest BCUT2D eigenvalue weighted by atomic mass is 9.81. The molecule has 26 nitrogen and oxygen atoms in total. The number of rotatable bonds is 10. The van der Waals surface area contributed by atoms with Crippen LogP contribution in [-0.4, -0.2) is 171 Å². The number of carbonyl (C=O) groups is 4. The zero-order valence-electron chi connectivity index (χ0n) is 42.8. The molecule has 1 saturated carbocycles. The van der Waals surface area contributed by atoms with E-state index in [1.807, 2.05) is 20.8 Å². The number of aromatic nitrogens is 8. The van der Waals surface area contributed by atoms with Gasteiger partial charge in [0.1, 0.15) is 41.1 Å². The second-order valence-corrected chi connectivity index (χ2v) is 19.7. The van der Waals surface area contributed by atoms with Crippen LogP contribution in [0.5, 0.6) is 0 Å². The number of aliphatic hydroxyl groups is 4. The van der Waals surface area contributed by atoms with Gasteiger partial charge in [0.15, 0.2) is 47.6 Å². The number of nitrogens with zero attached hydrogens (tertiary/aromatic N) is 9. The zero-order valence-corrected chi connectivity index (χ0v) is 42.8. The van der Waals surface area contributed by atoms with Gasteiger partial charge in [-0.05, 0) is 103 Å². The maximum absolute atomic E-state index is 12.3. The van der Waals surface area contributed by atoms with Crippen molar-refractivity contribution in [2.45, 2.75) is 141 Å². The van der Waals surface area contributed by atoms with Crippen molar-refractivity contribution in [1.82, 2.24) is 54.6 Å². The topological polar surface area (TPSA) is 362 Å². The van der Waals surface area contributed by atoms with Gasteiger partial charge in [0, 0.05) is 39.0 Å². The quantitative estimate of drug-likeness (QED) is 0.0812. The largest absolute Gasteiger partial charge is 0.507 e. The first-order valence-electron chi connectivity index (χ1n) is 25.1. The lowest BCUT2D eigenvalue weighted by Gasteiger charge is -2.32. The van der Waals surface area contributed by atoms with Crippen LogP contribution in [0.4, 0.5) is 21.2 Å². The van der Waals surface area contributed by atoms with Crippen LogP contribution in [0.15, 0.2) is 12.7 Å². The Morgan fingerprint density at radius 2 is 1.13 bits per heavy atom. The SMILES string of the molecule is CCNC(=O)[C@H]1O[C@@H](n2cnc3c(N)nc(C#CCC4CCC(COC(=O)OC)CC4)nc32)C(O)[C@H]1O.CCNC(=O)[C@H]1O[C@@H](n2cnc3c(N)nc(C#CCC4CCN(C(=O)OC(C)(C)C)CC4)nc32)C(O)[C@H]1O. The van der Waals surface area contributed by atoms with Crippen LogP contribution in [0.3, 0.4) is 0 Å². The molecule has 0 radical (unpaired) electrons. The molecule has 4 aliphatic rings. The number of ether oxygens (including phenoxy) is 5. The molecule has 8 rings (SSSR count). The van der Waals surface area contributed by atoms with Gasteiger partial charge in [-0.3, -0.25) is 18.7 Å². The number of anilines is 2. The first-order chi connectivity index (χ1) is 35.8. The average molecular weight is 1050 g/mol. The fraction of sp³-hybridized carbons (Fsp3) is 0.633. The molecule has 3 amide bonds. The van der Waals surface area contributed by atoms with Crippen LogP contribution in [0.1, 0.15) is 110 Å². The fourth-order valence-electron chi connectivity index (χ4n) is 9.16. The van der Waals surface area contributed by atoms with E-state index < -0.39 is 72.7 Å². The Bertz CT molecular complexity index is 2800. The molecule has 4 aromatic rings. The van der Waals surface area contributed by atoms with Gasteiger partial charge in [0.2, 0.25) is 11.6 Å². The number of piperidine rings is 1. The Morgan fingerprint density at radius 3 is 1.56 bits per heavy atom. The minimum atomic E-state index is -1.43. The number of hydrogen-bond donors (Lipinski definition) is 8. The number of nitrogens with two attached hydrogens (primary N) is 2. The number of imidazole rings is 2. The molecule has 7 heterocycles. The van der Waals surface area contributed by atoms with E-state index in [0.717, 1.165) is 38.5 Å². The molecule has 4 aromatic heterocycles. The molecular formula is C49H67N13O13. The molecule has 4 fully saturated rings. The van der Waals surface area contributed by atoms with Gasteiger partial charge in [-0.2, -0.15) is 0 Å². The number of fused-ring (bicyclic) bond motifs is 2. The number of amides is 3. The summed E-state index contributed by atoms with van der Waals surface area (Å²) in [6, 6.07) is 0. The predicted octanol–water partition coefficient (Wildman–Crippen LogP) is 1.05. The van der Waals surface area contributed by atoms with E-state index in [4.69, 9.17) is 30.4 Å². The molecule has 75 heavy (non-hydrogen) atoms. The van der Waals surface area contributed by atoms with Crippen LogP contribution in [0.2, 0.25) is 0 Å². The zero-order chi connectivity index (χ0) is 54.1. The van der Waals surface area contributed by atoms with Gasteiger partial charge in [-0.25, -0.2) is 39.5 Å².